The summed E-state index contributed by atoms with van der Waals surface area (Å²) in [6, 6.07) is 8.92. The van der Waals surface area contributed by atoms with Crippen LogP contribution in [-0.2, 0) is 17.7 Å². The monoisotopic (exact) mass is 431 g/mol. The third kappa shape index (κ3) is 4.44. The molecule has 4 rings (SSSR count). The van der Waals surface area contributed by atoms with E-state index < -0.39 is 19.4 Å². The fraction of sp³-hybridized carbons (Fsp3) is 0.391. The van der Waals surface area contributed by atoms with Gasteiger partial charge in [0.2, 0.25) is 0 Å². The van der Waals surface area contributed by atoms with Crippen LogP contribution >= 0.6 is 0 Å². The highest BCUT2D eigenvalue weighted by atomic mass is 19.3. The second-order valence-electron chi connectivity index (χ2n) is 7.74. The summed E-state index contributed by atoms with van der Waals surface area (Å²) in [5, 5.41) is 0. The minimum Gasteiger partial charge on any atom is -0.435 e. The molecular formula is C23H24F3N3O2. The van der Waals surface area contributed by atoms with E-state index in [4.69, 9.17) is 9.72 Å². The number of aromatic nitrogens is 3. The molecule has 0 radical (unpaired) electrons. The maximum atomic E-state index is 13.5. The average molecular weight is 431 g/mol. The lowest BCUT2D eigenvalue weighted by atomic mass is 10.1. The molecule has 164 valence electrons. The van der Waals surface area contributed by atoms with Crippen molar-refractivity contribution >= 4 is 0 Å². The molecule has 8 heteroatoms. The molecule has 31 heavy (non-hydrogen) atoms. The van der Waals surface area contributed by atoms with Crippen LogP contribution in [0.4, 0.5) is 13.2 Å². The van der Waals surface area contributed by atoms with Crippen LogP contribution in [0, 0.1) is 20.8 Å². The van der Waals surface area contributed by atoms with Gasteiger partial charge in [-0.2, -0.15) is 8.78 Å². The highest BCUT2D eigenvalue weighted by molar-refractivity contribution is 5.70. The largest absolute Gasteiger partial charge is 0.435 e. The predicted molar refractivity (Wildman–Crippen MR) is 111 cm³/mol. The van der Waals surface area contributed by atoms with E-state index in [1.807, 2.05) is 30.5 Å². The second-order valence-corrected chi connectivity index (χ2v) is 7.74. The lowest BCUT2D eigenvalue weighted by molar-refractivity contribution is -0.0502. The normalized spacial score (nSPS) is 16.3. The Balaban J connectivity index is 1.86. The molecule has 1 aliphatic rings. The molecule has 0 saturated carbocycles. The fourth-order valence-electron chi connectivity index (χ4n) is 4.05. The molecule has 0 aliphatic carbocycles. The zero-order valence-corrected chi connectivity index (χ0v) is 17.7. The molecule has 1 aliphatic heterocycles. The first-order valence-corrected chi connectivity index (χ1v) is 10.1. The number of fused-ring (bicyclic) bond motifs is 1. The number of ether oxygens (including phenoxy) is 2. The first-order chi connectivity index (χ1) is 14.9. The Morgan fingerprint density at radius 2 is 1.84 bits per heavy atom. The van der Waals surface area contributed by atoms with Crippen molar-refractivity contribution in [3.8, 4) is 28.4 Å². The molecule has 0 amide bonds. The van der Waals surface area contributed by atoms with Crippen molar-refractivity contribution in [2.24, 2.45) is 0 Å². The van der Waals surface area contributed by atoms with E-state index in [9.17, 15) is 13.2 Å². The Bertz CT molecular complexity index is 1080. The number of pyridine rings is 1. The van der Waals surface area contributed by atoms with Gasteiger partial charge in [0.15, 0.2) is 0 Å². The van der Waals surface area contributed by atoms with Gasteiger partial charge in [0, 0.05) is 34.6 Å². The Labute approximate surface area is 178 Å². The van der Waals surface area contributed by atoms with Gasteiger partial charge >= 0.3 is 6.61 Å². The van der Waals surface area contributed by atoms with Gasteiger partial charge in [-0.1, -0.05) is 0 Å². The van der Waals surface area contributed by atoms with Crippen molar-refractivity contribution in [1.29, 1.82) is 0 Å². The molecule has 3 aromatic rings. The van der Waals surface area contributed by atoms with Gasteiger partial charge in [-0.3, -0.25) is 4.98 Å². The quantitative estimate of drug-likeness (QED) is 0.567. The maximum Gasteiger partial charge on any atom is 0.387 e. The van der Waals surface area contributed by atoms with Gasteiger partial charge in [0.25, 0.3) is 0 Å². The van der Waals surface area contributed by atoms with Crippen molar-refractivity contribution in [1.82, 2.24) is 14.5 Å². The van der Waals surface area contributed by atoms with Crippen LogP contribution in [0.1, 0.15) is 22.6 Å². The molecule has 0 spiro atoms. The number of halogens is 3. The van der Waals surface area contributed by atoms with Crippen LogP contribution in [0.3, 0.4) is 0 Å². The zero-order chi connectivity index (χ0) is 22.1. The van der Waals surface area contributed by atoms with E-state index in [0.717, 1.165) is 33.9 Å². The highest BCUT2D eigenvalue weighted by Crippen LogP contribution is 2.34. The summed E-state index contributed by atoms with van der Waals surface area (Å²) in [5.74, 6) is 0.764. The number of hydrogen-bond acceptors (Lipinski definition) is 4. The summed E-state index contributed by atoms with van der Waals surface area (Å²) in [5.41, 5.74) is 5.78. The number of imidazole rings is 1. The van der Waals surface area contributed by atoms with Gasteiger partial charge < -0.3 is 14.0 Å². The first-order valence-electron chi connectivity index (χ1n) is 10.1. The summed E-state index contributed by atoms with van der Waals surface area (Å²) in [6.45, 7) is 2.80. The Morgan fingerprint density at radius 3 is 2.48 bits per heavy atom. The van der Waals surface area contributed by atoms with E-state index >= 15 is 0 Å². The van der Waals surface area contributed by atoms with Gasteiger partial charge in [0.05, 0.1) is 18.8 Å². The highest BCUT2D eigenvalue weighted by Gasteiger charge is 2.26. The zero-order valence-electron chi connectivity index (χ0n) is 17.7. The topological polar surface area (TPSA) is 49.2 Å². The fourth-order valence-corrected chi connectivity index (χ4v) is 4.05. The van der Waals surface area contributed by atoms with Crippen molar-refractivity contribution in [3.05, 3.63) is 53.0 Å². The van der Waals surface area contributed by atoms with Crippen LogP contribution in [0.5, 0.6) is 5.75 Å². The van der Waals surface area contributed by atoms with Crippen molar-refractivity contribution in [2.45, 2.75) is 46.5 Å². The molecule has 0 fully saturated rings. The van der Waals surface area contributed by atoms with Crippen LogP contribution in [0.25, 0.3) is 22.6 Å². The molecule has 1 aromatic carbocycles. The van der Waals surface area contributed by atoms with Gasteiger partial charge in [0.1, 0.15) is 24.4 Å². The molecule has 5 nitrogen and oxygen atoms in total. The Hall–Kier alpha value is -2.87. The van der Waals surface area contributed by atoms with Crippen LogP contribution in [-0.4, -0.2) is 40.5 Å². The van der Waals surface area contributed by atoms with Crippen molar-refractivity contribution < 1.29 is 22.6 Å². The number of rotatable bonds is 5. The molecule has 3 heterocycles. The molecule has 1 unspecified atom stereocenters. The van der Waals surface area contributed by atoms with E-state index in [-0.39, 0.29) is 5.75 Å². The number of hydrogen-bond donors (Lipinski definition) is 0. The summed E-state index contributed by atoms with van der Waals surface area (Å²) in [6.07, 6.45) is 0.0238. The number of alkyl halides is 3. The Morgan fingerprint density at radius 1 is 1.10 bits per heavy atom. The van der Waals surface area contributed by atoms with Crippen molar-refractivity contribution in [3.63, 3.8) is 0 Å². The first kappa shape index (κ1) is 21.4. The number of aryl methyl sites for hydroxylation is 3. The minimum absolute atomic E-state index is 0.118. The van der Waals surface area contributed by atoms with Gasteiger partial charge in [-0.25, -0.2) is 9.37 Å². The molecule has 2 aromatic heterocycles. The lowest BCUT2D eigenvalue weighted by Crippen LogP contribution is -2.21. The summed E-state index contributed by atoms with van der Waals surface area (Å²) in [7, 11) is 0. The second kappa shape index (κ2) is 8.70. The third-order valence-corrected chi connectivity index (χ3v) is 5.33. The SMILES string of the molecule is Cc1cc(-c2nc(-c3ccc(OC(F)F)c(C)c3)n3c2CCOC(CF)C3)cc(C)n1. The van der Waals surface area contributed by atoms with E-state index in [2.05, 4.69) is 9.72 Å². The minimum atomic E-state index is -2.89. The van der Waals surface area contributed by atoms with Gasteiger partial charge in [-0.15, -0.1) is 0 Å². The predicted octanol–water partition coefficient (Wildman–Crippen LogP) is 5.05. The van der Waals surface area contributed by atoms with Crippen molar-refractivity contribution in [2.75, 3.05) is 13.3 Å². The lowest BCUT2D eigenvalue weighted by Gasteiger charge is -2.15. The third-order valence-electron chi connectivity index (χ3n) is 5.33. The van der Waals surface area contributed by atoms with Crippen LogP contribution in [0.2, 0.25) is 0 Å². The summed E-state index contributed by atoms with van der Waals surface area (Å²) in [4.78, 5) is 9.37. The van der Waals surface area contributed by atoms with E-state index in [0.29, 0.717) is 31.0 Å². The molecular weight excluding hydrogens is 407 g/mol. The molecule has 0 N–H and O–H groups in total. The summed E-state index contributed by atoms with van der Waals surface area (Å²) < 4.78 is 51.0. The molecule has 1 atom stereocenters. The number of benzene rings is 1. The number of nitrogens with zero attached hydrogens (tertiary/aromatic N) is 3. The molecule has 0 saturated heterocycles. The summed E-state index contributed by atoms with van der Waals surface area (Å²) >= 11 is 0. The van der Waals surface area contributed by atoms with Crippen LogP contribution < -0.4 is 4.74 Å². The van der Waals surface area contributed by atoms with Crippen LogP contribution in [0.15, 0.2) is 30.3 Å². The van der Waals surface area contributed by atoms with Gasteiger partial charge in [-0.05, 0) is 56.7 Å². The van der Waals surface area contributed by atoms with E-state index in [1.54, 1.807) is 19.1 Å². The Kier molecular flexibility index (Phi) is 6.00. The maximum absolute atomic E-state index is 13.5. The molecule has 0 bridgehead atoms. The average Bonchev–Trinajstić information content (AvgIpc) is 2.92. The smallest absolute Gasteiger partial charge is 0.387 e. The van der Waals surface area contributed by atoms with E-state index in [1.165, 1.54) is 6.07 Å². The standard InChI is InChI=1S/C23H24F3N3O2/c1-13-8-16(4-5-20(13)31-23(25)26)22-28-21(17-9-14(2)27-15(3)10-17)19-6-7-30-18(11-24)12-29(19)22/h4-5,8-10,18,23H,6-7,11-12H2,1-3H3.